The van der Waals surface area contributed by atoms with Gasteiger partial charge in [-0.2, -0.15) is 10.3 Å². The van der Waals surface area contributed by atoms with E-state index in [0.717, 1.165) is 5.56 Å². The molecule has 0 aliphatic rings. The Hall–Kier alpha value is -4.29. The van der Waals surface area contributed by atoms with E-state index in [9.17, 15) is 14.9 Å². The summed E-state index contributed by atoms with van der Waals surface area (Å²) < 4.78 is 13.8. The van der Waals surface area contributed by atoms with Gasteiger partial charge in [0, 0.05) is 31.5 Å². The lowest BCUT2D eigenvalue weighted by atomic mass is 10.2. The standard InChI is InChI=1S/C26H25N5O4/c1-4-35-13-7-12-30-23(29-25(32)18-9-5-10-20(14-18)34-3)19(16-27)15-21-24(30)28-22-17(2)8-6-11-31(22)26(21)33/h5-6,8-11,14-15H,4,7,12-13H2,1-3H3. The summed E-state index contributed by atoms with van der Waals surface area (Å²) in [5, 5.41) is 10.2. The van der Waals surface area contributed by atoms with Crippen LogP contribution in [-0.2, 0) is 11.3 Å². The van der Waals surface area contributed by atoms with E-state index in [1.165, 1.54) is 17.6 Å². The fraction of sp³-hybridized carbons (Fsp3) is 0.269. The average Bonchev–Trinajstić information content (AvgIpc) is 2.88. The summed E-state index contributed by atoms with van der Waals surface area (Å²) in [6.07, 6.45) is 2.22. The van der Waals surface area contributed by atoms with Crippen LogP contribution in [0.15, 0.2) is 58.4 Å². The molecule has 0 spiro atoms. The van der Waals surface area contributed by atoms with Crippen LogP contribution in [0.25, 0.3) is 16.7 Å². The molecule has 3 heterocycles. The molecule has 0 atom stereocenters. The number of nitriles is 1. The Labute approximate surface area is 201 Å². The minimum absolute atomic E-state index is 0.108. The fourth-order valence-electron chi connectivity index (χ4n) is 3.89. The summed E-state index contributed by atoms with van der Waals surface area (Å²) in [4.78, 5) is 35.5. The highest BCUT2D eigenvalue weighted by Crippen LogP contribution is 2.15. The summed E-state index contributed by atoms with van der Waals surface area (Å²) in [7, 11) is 1.51. The first-order valence-electron chi connectivity index (χ1n) is 11.2. The molecule has 0 saturated heterocycles. The van der Waals surface area contributed by atoms with Crippen LogP contribution in [0.1, 0.15) is 34.8 Å². The Bertz CT molecular complexity index is 1590. The molecule has 9 heteroatoms. The molecule has 1 amide bonds. The molecule has 4 aromatic rings. The lowest BCUT2D eigenvalue weighted by Gasteiger charge is -2.14. The molecule has 3 aromatic heterocycles. The number of hydrogen-bond acceptors (Lipinski definition) is 6. The zero-order valence-corrected chi connectivity index (χ0v) is 19.8. The van der Waals surface area contributed by atoms with Crippen LogP contribution in [-0.4, -0.2) is 40.2 Å². The Morgan fingerprint density at radius 2 is 2.03 bits per heavy atom. The topological polar surface area (TPSA) is 111 Å². The minimum Gasteiger partial charge on any atom is -0.497 e. The number of carbonyl (C=O) groups is 1. The maximum absolute atomic E-state index is 13.3. The van der Waals surface area contributed by atoms with Crippen LogP contribution in [0, 0.1) is 18.3 Å². The fourth-order valence-corrected chi connectivity index (χ4v) is 3.89. The average molecular weight is 472 g/mol. The quantitative estimate of drug-likeness (QED) is 0.303. The molecule has 0 fully saturated rings. The molecule has 0 aliphatic carbocycles. The number of nitrogens with zero attached hydrogens (tertiary/aromatic N) is 5. The first-order valence-corrected chi connectivity index (χ1v) is 11.2. The Kier molecular flexibility index (Phi) is 7.03. The Morgan fingerprint density at radius 1 is 1.20 bits per heavy atom. The van der Waals surface area contributed by atoms with Crippen molar-refractivity contribution in [3.63, 3.8) is 0 Å². The third-order valence-corrected chi connectivity index (χ3v) is 5.62. The number of pyridine rings is 2. The summed E-state index contributed by atoms with van der Waals surface area (Å²) >= 11 is 0. The van der Waals surface area contributed by atoms with Gasteiger partial charge in [0.05, 0.1) is 18.1 Å². The van der Waals surface area contributed by atoms with Crippen LogP contribution in [0.3, 0.4) is 0 Å². The van der Waals surface area contributed by atoms with Crippen molar-refractivity contribution in [1.29, 1.82) is 5.26 Å². The van der Waals surface area contributed by atoms with E-state index in [1.54, 1.807) is 41.1 Å². The monoisotopic (exact) mass is 471 g/mol. The summed E-state index contributed by atoms with van der Waals surface area (Å²) in [5.74, 6) is -0.0155. The molecular formula is C26H25N5O4. The third kappa shape index (κ3) is 4.69. The van der Waals surface area contributed by atoms with Crippen LogP contribution in [0.4, 0.5) is 0 Å². The number of amides is 1. The number of rotatable bonds is 7. The van der Waals surface area contributed by atoms with Crippen molar-refractivity contribution in [3.05, 3.63) is 81.2 Å². The van der Waals surface area contributed by atoms with Crippen LogP contribution in [0.5, 0.6) is 5.75 Å². The number of aryl methyl sites for hydroxylation is 2. The van der Waals surface area contributed by atoms with Gasteiger partial charge >= 0.3 is 0 Å². The SMILES string of the molecule is CCOCCCn1c(=NC(=O)c2cccc(OC)c2)c(C#N)cc2c(=O)n3cccc(C)c3nc21. The highest BCUT2D eigenvalue weighted by atomic mass is 16.5. The van der Waals surface area contributed by atoms with Crippen molar-refractivity contribution in [2.75, 3.05) is 20.3 Å². The first-order chi connectivity index (χ1) is 17.0. The van der Waals surface area contributed by atoms with Crippen molar-refractivity contribution in [1.82, 2.24) is 14.0 Å². The number of aromatic nitrogens is 3. The van der Waals surface area contributed by atoms with Gasteiger partial charge in [0.1, 0.15) is 23.1 Å². The largest absolute Gasteiger partial charge is 0.497 e. The molecule has 178 valence electrons. The Morgan fingerprint density at radius 3 is 2.77 bits per heavy atom. The van der Waals surface area contributed by atoms with E-state index >= 15 is 0 Å². The van der Waals surface area contributed by atoms with Crippen LogP contribution in [0.2, 0.25) is 0 Å². The summed E-state index contributed by atoms with van der Waals surface area (Å²) in [6.45, 7) is 5.16. The van der Waals surface area contributed by atoms with E-state index < -0.39 is 5.91 Å². The van der Waals surface area contributed by atoms with Crippen LogP contribution >= 0.6 is 0 Å². The van der Waals surface area contributed by atoms with Crippen molar-refractivity contribution in [2.24, 2.45) is 4.99 Å². The Balaban J connectivity index is 2.02. The van der Waals surface area contributed by atoms with E-state index in [0.29, 0.717) is 48.8 Å². The van der Waals surface area contributed by atoms with E-state index in [-0.39, 0.29) is 22.0 Å². The number of carbonyl (C=O) groups excluding carboxylic acids is 1. The van der Waals surface area contributed by atoms with Gasteiger partial charge in [0.2, 0.25) is 0 Å². The molecule has 0 radical (unpaired) electrons. The zero-order chi connectivity index (χ0) is 24.9. The second kappa shape index (κ2) is 10.3. The van der Waals surface area contributed by atoms with Gasteiger partial charge < -0.3 is 14.0 Å². The van der Waals surface area contributed by atoms with Gasteiger partial charge in [0.15, 0.2) is 5.49 Å². The lowest BCUT2D eigenvalue weighted by molar-refractivity contribution is 0.0996. The molecule has 0 saturated carbocycles. The maximum atomic E-state index is 13.3. The predicted octanol–water partition coefficient (Wildman–Crippen LogP) is 3.01. The highest BCUT2D eigenvalue weighted by Gasteiger charge is 2.16. The third-order valence-electron chi connectivity index (χ3n) is 5.62. The maximum Gasteiger partial charge on any atom is 0.279 e. The van der Waals surface area contributed by atoms with Gasteiger partial charge in [-0.25, -0.2) is 4.98 Å². The lowest BCUT2D eigenvalue weighted by Crippen LogP contribution is -2.30. The number of fused-ring (bicyclic) bond motifs is 2. The van der Waals surface area contributed by atoms with Crippen molar-refractivity contribution >= 4 is 22.6 Å². The molecular weight excluding hydrogens is 446 g/mol. The predicted molar refractivity (Wildman–Crippen MR) is 130 cm³/mol. The first kappa shape index (κ1) is 23.9. The van der Waals surface area contributed by atoms with Gasteiger partial charge in [-0.15, -0.1) is 0 Å². The molecule has 9 nitrogen and oxygen atoms in total. The minimum atomic E-state index is -0.535. The summed E-state index contributed by atoms with van der Waals surface area (Å²) in [5.41, 5.74) is 1.95. The van der Waals surface area contributed by atoms with Crippen LogP contribution < -0.4 is 15.8 Å². The number of methoxy groups -OCH3 is 1. The number of ether oxygens (including phenoxy) is 2. The molecule has 0 unspecified atom stereocenters. The van der Waals surface area contributed by atoms with Crippen molar-refractivity contribution in [2.45, 2.75) is 26.8 Å². The second-order valence-corrected chi connectivity index (χ2v) is 7.88. The number of benzene rings is 1. The zero-order valence-electron chi connectivity index (χ0n) is 19.8. The molecule has 0 aliphatic heterocycles. The van der Waals surface area contributed by atoms with Crippen molar-refractivity contribution in [3.8, 4) is 11.8 Å². The van der Waals surface area contributed by atoms with Gasteiger partial charge in [-0.1, -0.05) is 12.1 Å². The second-order valence-electron chi connectivity index (χ2n) is 7.88. The van der Waals surface area contributed by atoms with Crippen molar-refractivity contribution < 1.29 is 14.3 Å². The van der Waals surface area contributed by atoms with E-state index in [4.69, 9.17) is 14.5 Å². The molecule has 1 aromatic carbocycles. The van der Waals surface area contributed by atoms with Gasteiger partial charge in [0.25, 0.3) is 11.5 Å². The molecule has 0 N–H and O–H groups in total. The smallest absolute Gasteiger partial charge is 0.279 e. The molecule has 4 rings (SSSR count). The molecule has 0 bridgehead atoms. The van der Waals surface area contributed by atoms with Gasteiger partial charge in [-0.3, -0.25) is 14.0 Å². The van der Waals surface area contributed by atoms with Gasteiger partial charge in [-0.05, 0) is 56.2 Å². The molecule has 35 heavy (non-hydrogen) atoms. The van der Waals surface area contributed by atoms with E-state index in [1.807, 2.05) is 19.9 Å². The van der Waals surface area contributed by atoms with E-state index in [2.05, 4.69) is 11.1 Å². The summed E-state index contributed by atoms with van der Waals surface area (Å²) in [6, 6.07) is 13.8. The number of hydrogen-bond donors (Lipinski definition) is 0. The normalized spacial score (nSPS) is 11.7. The highest BCUT2D eigenvalue weighted by molar-refractivity contribution is 5.95.